The summed E-state index contributed by atoms with van der Waals surface area (Å²) in [4.78, 5) is 26.4. The van der Waals surface area contributed by atoms with Crippen molar-refractivity contribution in [2.75, 3.05) is 6.54 Å². The molecule has 0 unspecified atom stereocenters. The molecule has 1 fully saturated rings. The first-order chi connectivity index (χ1) is 13.2. The average molecular weight is 434 g/mol. The first kappa shape index (κ1) is 20.3. The number of nitrogens with one attached hydrogen (secondary N) is 1. The highest BCUT2D eigenvalue weighted by Crippen LogP contribution is 2.30. The molecule has 0 saturated carbocycles. The Bertz CT molecular complexity index is 1060. The van der Waals surface area contributed by atoms with Gasteiger partial charge in [-0.25, -0.2) is 0 Å². The van der Waals surface area contributed by atoms with Crippen LogP contribution in [0.3, 0.4) is 0 Å². The molecule has 1 aliphatic rings. The summed E-state index contributed by atoms with van der Waals surface area (Å²) in [5, 5.41) is 3.71. The molecule has 0 radical (unpaired) electrons. The summed E-state index contributed by atoms with van der Waals surface area (Å²) >= 11 is 17.5. The van der Waals surface area contributed by atoms with E-state index in [1.807, 2.05) is 24.5 Å². The minimum Gasteiger partial charge on any atom is -0.316 e. The molecule has 1 aliphatic heterocycles. The largest absolute Gasteiger partial charge is 0.316 e. The van der Waals surface area contributed by atoms with Crippen molar-refractivity contribution in [2.24, 2.45) is 0 Å². The van der Waals surface area contributed by atoms with Gasteiger partial charge in [-0.2, -0.15) is 0 Å². The second-order valence-corrected chi connectivity index (χ2v) is 7.51. The van der Waals surface area contributed by atoms with Crippen LogP contribution < -0.4 is 5.32 Å². The number of halogens is 2. The number of aromatic nitrogens is 1. The van der Waals surface area contributed by atoms with Gasteiger partial charge < -0.3 is 4.57 Å². The van der Waals surface area contributed by atoms with Gasteiger partial charge in [-0.3, -0.25) is 19.8 Å². The summed E-state index contributed by atoms with van der Waals surface area (Å²) in [6.07, 6.45) is 3.11. The average Bonchev–Trinajstić information content (AvgIpc) is 2.91. The molecular formula is C20H17Cl2N3O2S. The number of benzene rings is 1. The fourth-order valence-corrected chi connectivity index (χ4v) is 3.72. The van der Waals surface area contributed by atoms with Gasteiger partial charge >= 0.3 is 0 Å². The summed E-state index contributed by atoms with van der Waals surface area (Å²) < 4.78 is 1.93. The Hall–Kier alpha value is -2.41. The van der Waals surface area contributed by atoms with E-state index < -0.39 is 11.8 Å². The maximum absolute atomic E-state index is 12.7. The number of rotatable bonds is 4. The zero-order valence-corrected chi connectivity index (χ0v) is 17.6. The Morgan fingerprint density at radius 3 is 2.61 bits per heavy atom. The predicted molar refractivity (Wildman–Crippen MR) is 116 cm³/mol. The van der Waals surface area contributed by atoms with Gasteiger partial charge in [0, 0.05) is 23.0 Å². The number of hydrogen-bond acceptors (Lipinski definition) is 3. The second-order valence-electron chi connectivity index (χ2n) is 6.28. The van der Waals surface area contributed by atoms with Crippen LogP contribution in [0.5, 0.6) is 0 Å². The molecule has 1 N–H and O–H groups in total. The van der Waals surface area contributed by atoms with Gasteiger partial charge in [-0.1, -0.05) is 29.3 Å². The van der Waals surface area contributed by atoms with Crippen molar-refractivity contribution in [3.05, 3.63) is 69.5 Å². The lowest BCUT2D eigenvalue weighted by Crippen LogP contribution is -2.53. The fourth-order valence-electron chi connectivity index (χ4n) is 3.11. The van der Waals surface area contributed by atoms with Crippen LogP contribution in [0, 0.1) is 13.8 Å². The van der Waals surface area contributed by atoms with Crippen molar-refractivity contribution in [3.8, 4) is 5.69 Å². The summed E-state index contributed by atoms with van der Waals surface area (Å²) in [5.41, 5.74) is 3.16. The quantitative estimate of drug-likeness (QED) is 0.340. The van der Waals surface area contributed by atoms with E-state index in [4.69, 9.17) is 35.4 Å². The van der Waals surface area contributed by atoms with Crippen LogP contribution in [0.4, 0.5) is 0 Å². The second kappa shape index (κ2) is 7.91. The van der Waals surface area contributed by atoms with Crippen molar-refractivity contribution >= 4 is 58.4 Å². The molecule has 0 aliphatic carbocycles. The lowest BCUT2D eigenvalue weighted by atomic mass is 10.1. The van der Waals surface area contributed by atoms with Crippen molar-refractivity contribution in [1.29, 1.82) is 0 Å². The Kier molecular flexibility index (Phi) is 5.74. The third-order valence-corrected chi connectivity index (χ3v) is 5.29. The molecule has 1 aromatic heterocycles. The SMILES string of the molecule is C=CCN1C(=O)/C(=C/c2cc(C)n(-c3cc(Cl)ccc3Cl)c2C)C(=O)NC1=S. The van der Waals surface area contributed by atoms with Crippen LogP contribution in [0.1, 0.15) is 17.0 Å². The maximum atomic E-state index is 12.7. The van der Waals surface area contributed by atoms with Crippen LogP contribution in [-0.4, -0.2) is 32.9 Å². The number of amides is 2. The maximum Gasteiger partial charge on any atom is 0.265 e. The Morgan fingerprint density at radius 2 is 1.93 bits per heavy atom. The van der Waals surface area contributed by atoms with Crippen LogP contribution in [-0.2, 0) is 9.59 Å². The number of hydrogen-bond donors (Lipinski definition) is 1. The summed E-state index contributed by atoms with van der Waals surface area (Å²) in [6.45, 7) is 7.63. The predicted octanol–water partition coefficient (Wildman–Crippen LogP) is 4.21. The Labute approximate surface area is 178 Å². The van der Waals surface area contributed by atoms with Gasteiger partial charge in [0.2, 0.25) is 0 Å². The number of carbonyl (C=O) groups is 2. The number of nitrogens with zero attached hydrogens (tertiary/aromatic N) is 2. The molecule has 5 nitrogen and oxygen atoms in total. The molecule has 3 rings (SSSR count). The highest BCUT2D eigenvalue weighted by molar-refractivity contribution is 7.80. The van der Waals surface area contributed by atoms with E-state index in [2.05, 4.69) is 11.9 Å². The van der Waals surface area contributed by atoms with E-state index in [0.29, 0.717) is 10.0 Å². The third kappa shape index (κ3) is 3.63. The molecule has 1 aromatic carbocycles. The molecule has 0 bridgehead atoms. The molecule has 144 valence electrons. The number of aryl methyl sites for hydroxylation is 1. The van der Waals surface area contributed by atoms with Gasteiger partial charge in [0.05, 0.1) is 10.7 Å². The normalized spacial score (nSPS) is 15.9. The lowest BCUT2D eigenvalue weighted by molar-refractivity contribution is -0.128. The highest BCUT2D eigenvalue weighted by atomic mass is 35.5. The molecule has 0 atom stereocenters. The van der Waals surface area contributed by atoms with Crippen molar-refractivity contribution in [3.63, 3.8) is 0 Å². The zero-order valence-electron chi connectivity index (χ0n) is 15.3. The van der Waals surface area contributed by atoms with Gasteiger partial charge in [0.1, 0.15) is 5.57 Å². The number of thiocarbonyl (C=S) groups is 1. The van der Waals surface area contributed by atoms with E-state index in [1.165, 1.54) is 4.90 Å². The van der Waals surface area contributed by atoms with Crippen LogP contribution >= 0.6 is 35.4 Å². The fraction of sp³-hybridized carbons (Fsp3) is 0.150. The molecule has 2 heterocycles. The van der Waals surface area contributed by atoms with Crippen molar-refractivity contribution in [2.45, 2.75) is 13.8 Å². The van der Waals surface area contributed by atoms with Crippen LogP contribution in [0.15, 0.2) is 42.5 Å². The van der Waals surface area contributed by atoms with Gasteiger partial charge in [-0.05, 0) is 62.0 Å². The third-order valence-electron chi connectivity index (χ3n) is 4.42. The Morgan fingerprint density at radius 1 is 1.21 bits per heavy atom. The van der Waals surface area contributed by atoms with Gasteiger partial charge in [-0.15, -0.1) is 6.58 Å². The zero-order chi connectivity index (χ0) is 20.6. The van der Waals surface area contributed by atoms with E-state index >= 15 is 0 Å². The first-order valence-corrected chi connectivity index (χ1v) is 9.55. The minimum absolute atomic E-state index is 0.00731. The van der Waals surface area contributed by atoms with E-state index in [1.54, 1.807) is 30.4 Å². The molecule has 2 aromatic rings. The molecule has 2 amide bonds. The van der Waals surface area contributed by atoms with Crippen molar-refractivity contribution < 1.29 is 9.59 Å². The standard InChI is InChI=1S/C20H17Cl2N3O2S/c1-4-7-24-19(27)15(18(26)23-20(24)28)9-13-8-11(2)25(12(13)3)17-10-14(21)5-6-16(17)22/h4-6,8-10H,1,7H2,2-3H3,(H,23,26,28)/b15-9+. The van der Waals surface area contributed by atoms with E-state index in [0.717, 1.165) is 22.6 Å². The van der Waals surface area contributed by atoms with Crippen molar-refractivity contribution in [1.82, 2.24) is 14.8 Å². The van der Waals surface area contributed by atoms with Gasteiger partial charge in [0.15, 0.2) is 5.11 Å². The topological polar surface area (TPSA) is 54.3 Å². The Balaban J connectivity index is 2.09. The summed E-state index contributed by atoms with van der Waals surface area (Å²) in [7, 11) is 0. The smallest absolute Gasteiger partial charge is 0.265 e. The van der Waals surface area contributed by atoms with E-state index in [9.17, 15) is 9.59 Å². The lowest BCUT2D eigenvalue weighted by Gasteiger charge is -2.27. The molecule has 0 spiro atoms. The van der Waals surface area contributed by atoms with Crippen LogP contribution in [0.2, 0.25) is 10.0 Å². The monoisotopic (exact) mass is 433 g/mol. The molecule has 8 heteroatoms. The molecule has 1 saturated heterocycles. The van der Waals surface area contributed by atoms with Gasteiger partial charge in [0.25, 0.3) is 11.8 Å². The van der Waals surface area contributed by atoms with Crippen LogP contribution in [0.25, 0.3) is 11.8 Å². The highest BCUT2D eigenvalue weighted by Gasteiger charge is 2.32. The van der Waals surface area contributed by atoms with E-state index in [-0.39, 0.29) is 17.2 Å². The minimum atomic E-state index is -0.527. The summed E-state index contributed by atoms with van der Waals surface area (Å²) in [5.74, 6) is -0.986. The number of carbonyl (C=O) groups excluding carboxylic acids is 2. The first-order valence-electron chi connectivity index (χ1n) is 8.38. The molecular weight excluding hydrogens is 417 g/mol. The summed E-state index contributed by atoms with van der Waals surface area (Å²) in [6, 6.07) is 7.09. The molecule has 28 heavy (non-hydrogen) atoms.